The van der Waals surface area contributed by atoms with Gasteiger partial charge in [0.25, 0.3) is 5.91 Å². The first-order valence-electron chi connectivity index (χ1n) is 6.55. The molecule has 1 aliphatic rings. The fourth-order valence-corrected chi connectivity index (χ4v) is 2.91. The average molecular weight is 347 g/mol. The van der Waals surface area contributed by atoms with Gasteiger partial charge in [0.2, 0.25) is 0 Å². The second-order valence-electron chi connectivity index (χ2n) is 5.07. The molecule has 1 atom stereocenters. The van der Waals surface area contributed by atoms with Gasteiger partial charge in [0.1, 0.15) is 11.9 Å². The van der Waals surface area contributed by atoms with Gasteiger partial charge in [-0.1, -0.05) is 22.0 Å². The minimum Gasteiger partial charge on any atom is -0.369 e. The Morgan fingerprint density at radius 3 is 2.76 bits per heavy atom. The van der Waals surface area contributed by atoms with Crippen LogP contribution >= 0.6 is 15.9 Å². The van der Waals surface area contributed by atoms with Gasteiger partial charge in [-0.2, -0.15) is 0 Å². The fraction of sp³-hybridized carbons (Fsp3) is 0.200. The molecule has 1 aliphatic heterocycles. The molecule has 6 heteroatoms. The lowest BCUT2D eigenvalue weighted by Crippen LogP contribution is -2.20. The van der Waals surface area contributed by atoms with E-state index in [0.717, 1.165) is 27.2 Å². The van der Waals surface area contributed by atoms with E-state index >= 15 is 0 Å². The highest BCUT2D eigenvalue weighted by Crippen LogP contribution is 2.38. The van der Waals surface area contributed by atoms with E-state index in [1.54, 1.807) is 6.20 Å². The van der Waals surface area contributed by atoms with Crippen molar-refractivity contribution in [3.63, 3.8) is 0 Å². The van der Waals surface area contributed by atoms with Gasteiger partial charge in [0.15, 0.2) is 0 Å². The van der Waals surface area contributed by atoms with Crippen LogP contribution in [0.15, 0.2) is 41.0 Å². The summed E-state index contributed by atoms with van der Waals surface area (Å²) >= 11 is 3.50. The number of amides is 1. The lowest BCUT2D eigenvalue weighted by molar-refractivity contribution is -0.116. The SMILES string of the molecule is CN(C)c1ccc(NC2C(=O)Nc3cccc(Br)c32)cn1. The van der Waals surface area contributed by atoms with E-state index in [1.165, 1.54) is 0 Å². The lowest BCUT2D eigenvalue weighted by atomic mass is 10.1. The largest absolute Gasteiger partial charge is 0.369 e. The number of carbonyl (C=O) groups excluding carboxylic acids is 1. The summed E-state index contributed by atoms with van der Waals surface area (Å²) < 4.78 is 0.911. The summed E-state index contributed by atoms with van der Waals surface area (Å²) in [5.41, 5.74) is 2.58. The van der Waals surface area contributed by atoms with Gasteiger partial charge in [0.05, 0.1) is 11.9 Å². The van der Waals surface area contributed by atoms with E-state index in [-0.39, 0.29) is 5.91 Å². The first kappa shape index (κ1) is 13.9. The average Bonchev–Trinajstić information content (AvgIpc) is 2.77. The summed E-state index contributed by atoms with van der Waals surface area (Å²) in [7, 11) is 3.88. The summed E-state index contributed by atoms with van der Waals surface area (Å²) in [6.45, 7) is 0. The maximum atomic E-state index is 12.1. The first-order valence-corrected chi connectivity index (χ1v) is 7.35. The molecule has 0 saturated carbocycles. The summed E-state index contributed by atoms with van der Waals surface area (Å²) in [6, 6.07) is 9.15. The minimum absolute atomic E-state index is 0.0615. The number of rotatable bonds is 3. The fourth-order valence-electron chi connectivity index (χ4n) is 2.32. The molecule has 2 aromatic rings. The second-order valence-corrected chi connectivity index (χ2v) is 5.92. The number of fused-ring (bicyclic) bond motifs is 1. The molecule has 1 amide bonds. The van der Waals surface area contributed by atoms with Gasteiger partial charge in [-0.25, -0.2) is 4.98 Å². The smallest absolute Gasteiger partial charge is 0.251 e. The topological polar surface area (TPSA) is 57.3 Å². The summed E-state index contributed by atoms with van der Waals surface area (Å²) in [5, 5.41) is 6.11. The van der Waals surface area contributed by atoms with Crippen LogP contribution in [-0.4, -0.2) is 25.0 Å². The minimum atomic E-state index is -0.414. The predicted octanol–water partition coefficient (Wildman–Crippen LogP) is 3.02. The van der Waals surface area contributed by atoms with Crippen LogP contribution in [0.5, 0.6) is 0 Å². The standard InChI is InChI=1S/C15H15BrN4O/c1-20(2)12-7-6-9(8-17-12)18-14-13-10(16)4-3-5-11(13)19-15(14)21/h3-8,14,18H,1-2H3,(H,19,21). The Labute approximate surface area is 131 Å². The summed E-state index contributed by atoms with van der Waals surface area (Å²) in [5.74, 6) is 0.812. The molecule has 0 aliphatic carbocycles. The van der Waals surface area contributed by atoms with E-state index in [2.05, 4.69) is 31.5 Å². The summed E-state index contributed by atoms with van der Waals surface area (Å²) in [6.07, 6.45) is 1.73. The normalized spacial score (nSPS) is 16.3. The zero-order valence-corrected chi connectivity index (χ0v) is 13.3. The van der Waals surface area contributed by atoms with Gasteiger partial charge in [-0.15, -0.1) is 0 Å². The molecule has 1 unspecified atom stereocenters. The third-order valence-corrected chi connectivity index (χ3v) is 4.07. The van der Waals surface area contributed by atoms with Crippen LogP contribution < -0.4 is 15.5 Å². The van der Waals surface area contributed by atoms with E-state index in [4.69, 9.17) is 0 Å². The molecule has 108 valence electrons. The van der Waals surface area contributed by atoms with Crippen LogP contribution in [0, 0.1) is 0 Å². The van der Waals surface area contributed by atoms with Crippen molar-refractivity contribution in [2.75, 3.05) is 29.6 Å². The van der Waals surface area contributed by atoms with Crippen molar-refractivity contribution in [3.05, 3.63) is 46.6 Å². The molecule has 2 N–H and O–H groups in total. The number of nitrogens with zero attached hydrogens (tertiary/aromatic N) is 2. The van der Waals surface area contributed by atoms with Crippen molar-refractivity contribution >= 4 is 39.0 Å². The van der Waals surface area contributed by atoms with E-state index in [1.807, 2.05) is 49.3 Å². The van der Waals surface area contributed by atoms with Crippen molar-refractivity contribution in [3.8, 4) is 0 Å². The number of anilines is 3. The van der Waals surface area contributed by atoms with Crippen molar-refractivity contribution in [1.82, 2.24) is 4.98 Å². The van der Waals surface area contributed by atoms with E-state index in [0.29, 0.717) is 0 Å². The maximum absolute atomic E-state index is 12.1. The number of pyridine rings is 1. The third kappa shape index (κ3) is 2.58. The number of hydrogen-bond donors (Lipinski definition) is 2. The zero-order valence-electron chi connectivity index (χ0n) is 11.7. The van der Waals surface area contributed by atoms with Crippen molar-refractivity contribution in [2.24, 2.45) is 0 Å². The molecule has 2 heterocycles. The highest BCUT2D eigenvalue weighted by molar-refractivity contribution is 9.10. The van der Waals surface area contributed by atoms with Crippen LogP contribution in [-0.2, 0) is 4.79 Å². The third-order valence-electron chi connectivity index (χ3n) is 3.38. The van der Waals surface area contributed by atoms with Crippen LogP contribution in [0.25, 0.3) is 0 Å². The number of benzene rings is 1. The molecule has 0 bridgehead atoms. The van der Waals surface area contributed by atoms with Crippen molar-refractivity contribution in [1.29, 1.82) is 0 Å². The van der Waals surface area contributed by atoms with Crippen LogP contribution in [0.1, 0.15) is 11.6 Å². The Balaban J connectivity index is 1.87. The van der Waals surface area contributed by atoms with Gasteiger partial charge < -0.3 is 15.5 Å². The molecule has 5 nitrogen and oxygen atoms in total. The molecule has 0 fully saturated rings. The Morgan fingerprint density at radius 1 is 1.29 bits per heavy atom. The monoisotopic (exact) mass is 346 g/mol. The molecular weight excluding hydrogens is 332 g/mol. The number of hydrogen-bond acceptors (Lipinski definition) is 4. The Hall–Kier alpha value is -2.08. The van der Waals surface area contributed by atoms with Gasteiger partial charge in [-0.05, 0) is 24.3 Å². The van der Waals surface area contributed by atoms with Crippen molar-refractivity contribution in [2.45, 2.75) is 6.04 Å². The highest BCUT2D eigenvalue weighted by atomic mass is 79.9. The molecule has 21 heavy (non-hydrogen) atoms. The van der Waals surface area contributed by atoms with Gasteiger partial charge >= 0.3 is 0 Å². The Bertz CT molecular complexity index is 685. The van der Waals surface area contributed by atoms with Crippen LogP contribution in [0.2, 0.25) is 0 Å². The molecule has 1 aromatic carbocycles. The van der Waals surface area contributed by atoms with Crippen LogP contribution in [0.3, 0.4) is 0 Å². The molecule has 3 rings (SSSR count). The number of nitrogens with one attached hydrogen (secondary N) is 2. The maximum Gasteiger partial charge on any atom is 0.251 e. The molecule has 0 radical (unpaired) electrons. The highest BCUT2D eigenvalue weighted by Gasteiger charge is 2.32. The second kappa shape index (κ2) is 5.37. The predicted molar refractivity (Wildman–Crippen MR) is 87.7 cm³/mol. The van der Waals surface area contributed by atoms with Crippen LogP contribution in [0.4, 0.5) is 17.2 Å². The van der Waals surface area contributed by atoms with Crippen molar-refractivity contribution < 1.29 is 4.79 Å². The molecule has 1 aromatic heterocycles. The zero-order chi connectivity index (χ0) is 15.0. The summed E-state index contributed by atoms with van der Waals surface area (Å²) in [4.78, 5) is 18.4. The number of aromatic nitrogens is 1. The van der Waals surface area contributed by atoms with E-state index in [9.17, 15) is 4.79 Å². The molecular formula is C15H15BrN4O. The first-order chi connectivity index (χ1) is 10.1. The molecule has 0 spiro atoms. The Morgan fingerprint density at radius 2 is 2.10 bits per heavy atom. The van der Waals surface area contributed by atoms with E-state index < -0.39 is 6.04 Å². The van der Waals surface area contributed by atoms with Gasteiger partial charge in [-0.3, -0.25) is 4.79 Å². The number of carbonyl (C=O) groups is 1. The molecule has 0 saturated heterocycles. The van der Waals surface area contributed by atoms with Gasteiger partial charge in [0, 0.05) is 29.8 Å². The Kier molecular flexibility index (Phi) is 3.55. The quantitative estimate of drug-likeness (QED) is 0.896. The lowest BCUT2D eigenvalue weighted by Gasteiger charge is -2.15. The number of halogens is 1.